The van der Waals surface area contributed by atoms with Gasteiger partial charge in [0.25, 0.3) is 0 Å². The molecular weight excluding hydrogens is 252 g/mol. The summed E-state index contributed by atoms with van der Waals surface area (Å²) in [5.74, 6) is 0.489. The van der Waals surface area contributed by atoms with Gasteiger partial charge in [-0.2, -0.15) is 0 Å². The number of benzene rings is 1. The summed E-state index contributed by atoms with van der Waals surface area (Å²) in [4.78, 5) is 14.0. The summed E-state index contributed by atoms with van der Waals surface area (Å²) in [7, 11) is 0. The summed E-state index contributed by atoms with van der Waals surface area (Å²) in [6.45, 7) is 8.33. The number of amides is 1. The second kappa shape index (κ2) is 6.16. The maximum absolute atomic E-state index is 11.6. The van der Waals surface area contributed by atoms with E-state index in [4.69, 9.17) is 4.74 Å². The van der Waals surface area contributed by atoms with E-state index < -0.39 is 5.60 Å². The number of hydrogen-bond donors (Lipinski definition) is 1. The third-order valence-electron chi connectivity index (χ3n) is 3.34. The Bertz CT molecular complexity index is 440. The van der Waals surface area contributed by atoms with Gasteiger partial charge in [-0.25, -0.2) is 4.79 Å². The first-order chi connectivity index (χ1) is 9.44. The summed E-state index contributed by atoms with van der Waals surface area (Å²) >= 11 is 0. The average Bonchev–Trinajstić information content (AvgIpc) is 2.84. The number of anilines is 1. The predicted molar refractivity (Wildman–Crippen MR) is 81.0 cm³/mol. The Morgan fingerprint density at radius 3 is 2.70 bits per heavy atom. The van der Waals surface area contributed by atoms with Gasteiger partial charge < -0.3 is 15.0 Å². The standard InChI is InChI=1S/C16H24N2O2/c1-16(2,3)20-15(19)17-11-13-9-10-18(12-13)14-7-5-4-6-8-14/h4-8,13H,9-12H2,1-3H3,(H,17,19). The van der Waals surface area contributed by atoms with Crippen LogP contribution in [-0.4, -0.2) is 31.3 Å². The highest BCUT2D eigenvalue weighted by molar-refractivity contribution is 5.67. The van der Waals surface area contributed by atoms with Crippen LogP contribution in [0, 0.1) is 5.92 Å². The lowest BCUT2D eigenvalue weighted by Gasteiger charge is -2.21. The first kappa shape index (κ1) is 14.7. The van der Waals surface area contributed by atoms with E-state index in [2.05, 4.69) is 34.5 Å². The molecule has 1 aromatic carbocycles. The van der Waals surface area contributed by atoms with Crippen LogP contribution in [-0.2, 0) is 4.74 Å². The van der Waals surface area contributed by atoms with Crippen LogP contribution < -0.4 is 10.2 Å². The van der Waals surface area contributed by atoms with Crippen LogP contribution in [0.3, 0.4) is 0 Å². The number of hydrogen-bond acceptors (Lipinski definition) is 3. The maximum atomic E-state index is 11.6. The number of carbonyl (C=O) groups excluding carboxylic acids is 1. The number of rotatable bonds is 3. The molecule has 0 spiro atoms. The summed E-state index contributed by atoms with van der Waals surface area (Å²) in [5, 5.41) is 2.87. The van der Waals surface area contributed by atoms with Gasteiger partial charge >= 0.3 is 6.09 Å². The van der Waals surface area contributed by atoms with Gasteiger partial charge in [-0.3, -0.25) is 0 Å². The summed E-state index contributed by atoms with van der Waals surface area (Å²) < 4.78 is 5.25. The molecule has 4 heteroatoms. The highest BCUT2D eigenvalue weighted by Crippen LogP contribution is 2.23. The van der Waals surface area contributed by atoms with Crippen LogP contribution in [0.25, 0.3) is 0 Å². The van der Waals surface area contributed by atoms with Crippen LogP contribution in [0.4, 0.5) is 10.5 Å². The molecule has 1 fully saturated rings. The second-order valence-corrected chi connectivity index (χ2v) is 6.32. The van der Waals surface area contributed by atoms with E-state index >= 15 is 0 Å². The Morgan fingerprint density at radius 1 is 1.35 bits per heavy atom. The molecule has 0 saturated carbocycles. The van der Waals surface area contributed by atoms with Crippen molar-refractivity contribution in [2.75, 3.05) is 24.5 Å². The molecule has 0 radical (unpaired) electrons. The van der Waals surface area contributed by atoms with Gasteiger partial charge in [0, 0.05) is 25.3 Å². The van der Waals surface area contributed by atoms with Gasteiger partial charge in [-0.05, 0) is 45.2 Å². The molecule has 1 unspecified atom stereocenters. The summed E-state index contributed by atoms with van der Waals surface area (Å²) in [6, 6.07) is 10.4. The zero-order chi connectivity index (χ0) is 14.6. The van der Waals surface area contributed by atoms with Crippen LogP contribution in [0.15, 0.2) is 30.3 Å². The van der Waals surface area contributed by atoms with Crippen molar-refractivity contribution >= 4 is 11.8 Å². The highest BCUT2D eigenvalue weighted by Gasteiger charge is 2.24. The number of para-hydroxylation sites is 1. The molecule has 110 valence electrons. The van der Waals surface area contributed by atoms with Crippen molar-refractivity contribution < 1.29 is 9.53 Å². The van der Waals surface area contributed by atoms with E-state index in [-0.39, 0.29) is 6.09 Å². The minimum atomic E-state index is -0.435. The average molecular weight is 276 g/mol. The Kier molecular flexibility index (Phi) is 4.53. The minimum absolute atomic E-state index is 0.323. The number of nitrogens with one attached hydrogen (secondary N) is 1. The van der Waals surface area contributed by atoms with Crippen molar-refractivity contribution in [3.63, 3.8) is 0 Å². The van der Waals surface area contributed by atoms with Crippen molar-refractivity contribution in [3.05, 3.63) is 30.3 Å². The molecule has 0 aliphatic carbocycles. The van der Waals surface area contributed by atoms with Gasteiger partial charge in [0.15, 0.2) is 0 Å². The lowest BCUT2D eigenvalue weighted by atomic mass is 10.1. The zero-order valence-electron chi connectivity index (χ0n) is 12.6. The first-order valence-corrected chi connectivity index (χ1v) is 7.21. The molecule has 1 amide bonds. The SMILES string of the molecule is CC(C)(C)OC(=O)NCC1CCN(c2ccccc2)C1. The molecule has 1 N–H and O–H groups in total. The van der Waals surface area contributed by atoms with Crippen molar-refractivity contribution in [1.82, 2.24) is 5.32 Å². The summed E-state index contributed by atoms with van der Waals surface area (Å²) in [6.07, 6.45) is 0.778. The molecule has 20 heavy (non-hydrogen) atoms. The Morgan fingerprint density at radius 2 is 2.05 bits per heavy atom. The smallest absolute Gasteiger partial charge is 0.407 e. The topological polar surface area (TPSA) is 41.6 Å². The van der Waals surface area contributed by atoms with Gasteiger partial charge in [-0.15, -0.1) is 0 Å². The lowest BCUT2D eigenvalue weighted by Crippen LogP contribution is -2.36. The maximum Gasteiger partial charge on any atom is 0.407 e. The molecule has 4 nitrogen and oxygen atoms in total. The molecule has 1 aliphatic heterocycles. The second-order valence-electron chi connectivity index (χ2n) is 6.32. The van der Waals surface area contributed by atoms with Crippen LogP contribution in [0.2, 0.25) is 0 Å². The quantitative estimate of drug-likeness (QED) is 0.922. The fourth-order valence-electron chi connectivity index (χ4n) is 2.41. The van der Waals surface area contributed by atoms with E-state index in [9.17, 15) is 4.79 Å². The molecular formula is C16H24N2O2. The van der Waals surface area contributed by atoms with Crippen LogP contribution >= 0.6 is 0 Å². The molecule has 1 aliphatic rings. The fraction of sp³-hybridized carbons (Fsp3) is 0.562. The number of nitrogens with zero attached hydrogens (tertiary/aromatic N) is 1. The zero-order valence-corrected chi connectivity index (χ0v) is 12.6. The van der Waals surface area contributed by atoms with Crippen LogP contribution in [0.1, 0.15) is 27.2 Å². The molecule has 0 aromatic heterocycles. The van der Waals surface area contributed by atoms with Crippen molar-refractivity contribution in [2.24, 2.45) is 5.92 Å². The molecule has 1 saturated heterocycles. The van der Waals surface area contributed by atoms with Crippen molar-refractivity contribution in [3.8, 4) is 0 Å². The fourth-order valence-corrected chi connectivity index (χ4v) is 2.41. The van der Waals surface area contributed by atoms with Gasteiger partial charge in [0.05, 0.1) is 0 Å². The summed E-state index contributed by atoms with van der Waals surface area (Å²) in [5.41, 5.74) is 0.822. The van der Waals surface area contributed by atoms with Crippen molar-refractivity contribution in [2.45, 2.75) is 32.8 Å². The van der Waals surface area contributed by atoms with Gasteiger partial charge in [-0.1, -0.05) is 18.2 Å². The first-order valence-electron chi connectivity index (χ1n) is 7.21. The third kappa shape index (κ3) is 4.44. The van der Waals surface area contributed by atoms with Gasteiger partial charge in [0.2, 0.25) is 0 Å². The number of alkyl carbamates (subject to hydrolysis) is 1. The predicted octanol–water partition coefficient (Wildman–Crippen LogP) is 3.04. The van der Waals surface area contributed by atoms with Crippen molar-refractivity contribution in [1.29, 1.82) is 0 Å². The number of carbonyl (C=O) groups is 1. The van der Waals surface area contributed by atoms with E-state index in [1.807, 2.05) is 26.8 Å². The van der Waals surface area contributed by atoms with E-state index in [1.54, 1.807) is 0 Å². The monoisotopic (exact) mass is 276 g/mol. The van der Waals surface area contributed by atoms with E-state index in [1.165, 1.54) is 5.69 Å². The lowest BCUT2D eigenvalue weighted by molar-refractivity contribution is 0.0520. The Labute approximate surface area is 121 Å². The van der Waals surface area contributed by atoms with Crippen LogP contribution in [0.5, 0.6) is 0 Å². The largest absolute Gasteiger partial charge is 0.444 e. The van der Waals surface area contributed by atoms with E-state index in [0.717, 1.165) is 19.5 Å². The third-order valence-corrected chi connectivity index (χ3v) is 3.34. The van der Waals surface area contributed by atoms with Gasteiger partial charge in [0.1, 0.15) is 5.60 Å². The van der Waals surface area contributed by atoms with E-state index in [0.29, 0.717) is 12.5 Å². The number of ether oxygens (including phenoxy) is 1. The molecule has 1 aromatic rings. The normalized spacial score (nSPS) is 18.9. The Hall–Kier alpha value is -1.71. The molecule has 1 heterocycles. The molecule has 2 rings (SSSR count). The molecule has 1 atom stereocenters. The highest BCUT2D eigenvalue weighted by atomic mass is 16.6. The minimum Gasteiger partial charge on any atom is -0.444 e. The Balaban J connectivity index is 1.75. The molecule has 0 bridgehead atoms.